The van der Waals surface area contributed by atoms with Crippen LogP contribution in [0.3, 0.4) is 0 Å². The van der Waals surface area contributed by atoms with E-state index in [1.54, 1.807) is 19.3 Å². The summed E-state index contributed by atoms with van der Waals surface area (Å²) in [6.45, 7) is 9.43. The number of nitrogens with zero attached hydrogens (tertiary/aromatic N) is 4. The fourth-order valence-electron chi connectivity index (χ4n) is 4.31. The normalized spacial score (nSPS) is 17.4. The Morgan fingerprint density at radius 2 is 1.52 bits per heavy atom. The maximum absolute atomic E-state index is 11.9. The van der Waals surface area contributed by atoms with Crippen LogP contribution in [-0.2, 0) is 4.74 Å². The van der Waals surface area contributed by atoms with E-state index in [0.29, 0.717) is 29.0 Å². The Hall–Kier alpha value is -4.47. The fraction of sp³-hybridized carbons (Fsp3) is 0.367. The molecule has 2 heterocycles. The maximum Gasteiger partial charge on any atom is 0.407 e. The van der Waals surface area contributed by atoms with Crippen molar-refractivity contribution >= 4 is 6.09 Å². The first-order valence-electron chi connectivity index (χ1n) is 13.3. The van der Waals surface area contributed by atoms with Gasteiger partial charge in [-0.3, -0.25) is 0 Å². The first-order chi connectivity index (χ1) is 19.1. The quantitative estimate of drug-likeness (QED) is 0.276. The van der Waals surface area contributed by atoms with Crippen LogP contribution in [0.5, 0.6) is 17.2 Å². The Morgan fingerprint density at radius 3 is 2.08 bits per heavy atom. The zero-order chi connectivity index (χ0) is 28.3. The number of ether oxygens (including phenoxy) is 3. The highest BCUT2D eigenvalue weighted by atomic mass is 16.6. The number of nitrogens with one attached hydrogen (secondary N) is 1. The minimum atomic E-state index is -0.502. The fourth-order valence-corrected chi connectivity index (χ4v) is 4.31. The maximum atomic E-state index is 11.9. The van der Waals surface area contributed by atoms with E-state index < -0.39 is 5.60 Å². The Kier molecular flexibility index (Phi) is 7.68. The van der Waals surface area contributed by atoms with Crippen LogP contribution in [0.25, 0.3) is 11.6 Å². The van der Waals surface area contributed by atoms with Crippen LogP contribution in [0.2, 0.25) is 0 Å². The van der Waals surface area contributed by atoms with Crippen LogP contribution in [0.1, 0.15) is 63.5 Å². The average Bonchev–Trinajstić information content (AvgIpc) is 3.33. The summed E-state index contributed by atoms with van der Waals surface area (Å²) in [6, 6.07) is 16.2. The summed E-state index contributed by atoms with van der Waals surface area (Å²) in [5.74, 6) is 3.38. The van der Waals surface area contributed by atoms with Gasteiger partial charge in [0.15, 0.2) is 5.75 Å². The minimum absolute atomic E-state index is 0.0824. The topological polar surface area (TPSA) is 121 Å². The third-order valence-corrected chi connectivity index (χ3v) is 6.47. The Labute approximate surface area is 233 Å². The molecule has 2 aromatic carbocycles. The second kappa shape index (κ2) is 11.3. The number of rotatable bonds is 8. The van der Waals surface area contributed by atoms with Gasteiger partial charge in [-0.05, 0) is 56.2 Å². The number of aromatic nitrogens is 4. The van der Waals surface area contributed by atoms with Gasteiger partial charge in [-0.25, -0.2) is 14.8 Å². The van der Waals surface area contributed by atoms with E-state index in [-0.39, 0.29) is 24.2 Å². The van der Waals surface area contributed by atoms with E-state index in [1.807, 2.05) is 57.2 Å². The van der Waals surface area contributed by atoms with Crippen molar-refractivity contribution in [3.05, 3.63) is 77.9 Å². The SMILES string of the molecule is Cc1nc(-c2ncc(Oc3ccc(C(C)c4ccc(O[C@H]5C[C@H](NC(=O)OC(C)(C)C)C5)cc4)cc3)cn2)no1. The molecule has 1 aliphatic rings. The lowest BCUT2D eigenvalue weighted by molar-refractivity contribution is 0.0363. The average molecular weight is 544 g/mol. The molecular weight excluding hydrogens is 510 g/mol. The summed E-state index contributed by atoms with van der Waals surface area (Å²) in [6.07, 6.45) is 4.39. The van der Waals surface area contributed by atoms with E-state index in [9.17, 15) is 4.79 Å². The van der Waals surface area contributed by atoms with Gasteiger partial charge in [0.25, 0.3) is 0 Å². The Balaban J connectivity index is 1.10. The van der Waals surface area contributed by atoms with Crippen LogP contribution < -0.4 is 14.8 Å². The number of hydrogen-bond donors (Lipinski definition) is 1. The molecule has 1 unspecified atom stereocenters. The Morgan fingerprint density at radius 1 is 0.925 bits per heavy atom. The molecule has 0 aliphatic heterocycles. The summed E-state index contributed by atoms with van der Waals surface area (Å²) >= 11 is 0. The largest absolute Gasteiger partial charge is 0.490 e. The number of aryl methyl sites for hydroxylation is 1. The molecule has 5 rings (SSSR count). The summed E-state index contributed by atoms with van der Waals surface area (Å²) in [5.41, 5.74) is 1.84. The smallest absolute Gasteiger partial charge is 0.407 e. The number of hydrogen-bond acceptors (Lipinski definition) is 9. The third-order valence-electron chi connectivity index (χ3n) is 6.47. The molecule has 208 valence electrons. The molecule has 0 saturated heterocycles. The lowest BCUT2D eigenvalue weighted by Gasteiger charge is -2.36. The van der Waals surface area contributed by atoms with Crippen molar-refractivity contribution in [3.63, 3.8) is 0 Å². The molecule has 0 spiro atoms. The van der Waals surface area contributed by atoms with Gasteiger partial charge in [0.1, 0.15) is 23.2 Å². The number of alkyl carbamates (subject to hydrolysis) is 1. The molecule has 0 radical (unpaired) electrons. The van der Waals surface area contributed by atoms with Gasteiger partial charge in [-0.2, -0.15) is 4.98 Å². The minimum Gasteiger partial charge on any atom is -0.490 e. The van der Waals surface area contributed by atoms with E-state index in [1.165, 1.54) is 5.56 Å². The highest BCUT2D eigenvalue weighted by Gasteiger charge is 2.33. The molecule has 1 fully saturated rings. The van der Waals surface area contributed by atoms with Crippen LogP contribution in [-0.4, -0.2) is 43.9 Å². The first-order valence-corrected chi connectivity index (χ1v) is 13.3. The summed E-state index contributed by atoms with van der Waals surface area (Å²) in [5, 5.41) is 6.71. The predicted octanol–water partition coefficient (Wildman–Crippen LogP) is 6.21. The molecule has 0 bridgehead atoms. The van der Waals surface area contributed by atoms with E-state index >= 15 is 0 Å². The van der Waals surface area contributed by atoms with Crippen LogP contribution in [0.15, 0.2) is 65.4 Å². The zero-order valence-electron chi connectivity index (χ0n) is 23.2. The lowest BCUT2D eigenvalue weighted by Crippen LogP contribution is -2.50. The highest BCUT2D eigenvalue weighted by molar-refractivity contribution is 5.68. The van der Waals surface area contributed by atoms with Crippen molar-refractivity contribution < 1.29 is 23.5 Å². The van der Waals surface area contributed by atoms with Gasteiger partial charge in [0, 0.05) is 31.7 Å². The van der Waals surface area contributed by atoms with E-state index in [4.69, 9.17) is 18.7 Å². The van der Waals surface area contributed by atoms with Gasteiger partial charge in [0.05, 0.1) is 12.4 Å². The van der Waals surface area contributed by atoms with Crippen molar-refractivity contribution in [2.45, 2.75) is 71.1 Å². The molecule has 4 aromatic rings. The van der Waals surface area contributed by atoms with Crippen molar-refractivity contribution in [1.29, 1.82) is 0 Å². The summed E-state index contributed by atoms with van der Waals surface area (Å²) in [7, 11) is 0. The monoisotopic (exact) mass is 543 g/mol. The number of carbonyl (C=O) groups excluding carboxylic acids is 1. The molecule has 40 heavy (non-hydrogen) atoms. The van der Waals surface area contributed by atoms with Crippen molar-refractivity contribution in [3.8, 4) is 28.9 Å². The summed E-state index contributed by atoms with van der Waals surface area (Å²) in [4.78, 5) is 24.5. The van der Waals surface area contributed by atoms with Gasteiger partial charge >= 0.3 is 6.09 Å². The van der Waals surface area contributed by atoms with E-state index in [2.05, 4.69) is 44.5 Å². The van der Waals surface area contributed by atoms with Crippen LogP contribution >= 0.6 is 0 Å². The summed E-state index contributed by atoms with van der Waals surface area (Å²) < 4.78 is 22.3. The van der Waals surface area contributed by atoms with Gasteiger partial charge in [-0.1, -0.05) is 36.3 Å². The Bertz CT molecular complexity index is 1420. The molecule has 1 N–H and O–H groups in total. The van der Waals surface area contributed by atoms with Crippen molar-refractivity contribution in [1.82, 2.24) is 25.4 Å². The van der Waals surface area contributed by atoms with E-state index in [0.717, 1.165) is 24.2 Å². The van der Waals surface area contributed by atoms with Crippen molar-refractivity contribution in [2.75, 3.05) is 0 Å². The molecule has 1 atom stereocenters. The second-order valence-electron chi connectivity index (χ2n) is 10.9. The number of amides is 1. The van der Waals surface area contributed by atoms with Crippen LogP contribution in [0.4, 0.5) is 4.79 Å². The zero-order valence-corrected chi connectivity index (χ0v) is 23.2. The van der Waals surface area contributed by atoms with Gasteiger partial charge in [-0.15, -0.1) is 0 Å². The standard InChI is InChI=1S/C30H33N5O5/c1-18(20-6-10-23(11-7-20)37-25-14-22(15-25)34-29(36)39-30(3,4)5)21-8-12-24(13-9-21)38-26-16-31-27(32-17-26)28-33-19(2)40-35-28/h6-13,16-18,22,25H,14-15H2,1-5H3,(H,34,36)/t18?,22-,25-. The molecule has 10 nitrogen and oxygen atoms in total. The number of carbonyl (C=O) groups is 1. The first kappa shape index (κ1) is 27.1. The third kappa shape index (κ3) is 6.93. The van der Waals surface area contributed by atoms with Gasteiger partial charge < -0.3 is 24.1 Å². The highest BCUT2D eigenvalue weighted by Crippen LogP contribution is 2.31. The molecular formula is C30H33N5O5. The lowest BCUT2D eigenvalue weighted by atomic mass is 9.89. The molecule has 2 aromatic heterocycles. The molecule has 1 aliphatic carbocycles. The molecule has 10 heteroatoms. The van der Waals surface area contributed by atoms with Gasteiger partial charge in [0.2, 0.25) is 17.5 Å². The molecule has 1 saturated carbocycles. The number of benzene rings is 2. The predicted molar refractivity (Wildman–Crippen MR) is 147 cm³/mol. The van der Waals surface area contributed by atoms with Crippen molar-refractivity contribution in [2.24, 2.45) is 0 Å². The van der Waals surface area contributed by atoms with Crippen LogP contribution in [0, 0.1) is 6.92 Å². The second-order valence-corrected chi connectivity index (χ2v) is 10.9. The molecule has 1 amide bonds.